The zero-order chi connectivity index (χ0) is 12.1. The van der Waals surface area contributed by atoms with Gasteiger partial charge in [-0.3, -0.25) is 0 Å². The van der Waals surface area contributed by atoms with Gasteiger partial charge < -0.3 is 20.3 Å². The van der Waals surface area contributed by atoms with E-state index in [-0.39, 0.29) is 0 Å². The van der Waals surface area contributed by atoms with Gasteiger partial charge in [0.15, 0.2) is 0 Å². The van der Waals surface area contributed by atoms with E-state index in [4.69, 9.17) is 10.5 Å². The molecule has 1 fully saturated rings. The highest BCUT2D eigenvalue weighted by molar-refractivity contribution is 5.51. The average Bonchev–Trinajstić information content (AvgIpc) is 2.37. The lowest BCUT2D eigenvalue weighted by Gasteiger charge is -2.34. The van der Waals surface area contributed by atoms with Crippen LogP contribution in [-0.4, -0.2) is 51.3 Å². The first-order valence-electron chi connectivity index (χ1n) is 6.16. The minimum absolute atomic E-state index is 0.554. The molecule has 0 aliphatic carbocycles. The number of piperazine rings is 1. The Bertz CT molecular complexity index is 348. The first-order chi connectivity index (χ1) is 8.29. The molecule has 4 nitrogen and oxygen atoms in total. The quantitative estimate of drug-likeness (QED) is 0.837. The maximum absolute atomic E-state index is 5.55. The lowest BCUT2D eigenvalue weighted by atomic mass is 10.2. The summed E-state index contributed by atoms with van der Waals surface area (Å²) in [6.45, 7) is 5.53. The molecule has 4 heteroatoms. The molecule has 1 aliphatic rings. The monoisotopic (exact) mass is 235 g/mol. The lowest BCUT2D eigenvalue weighted by Crippen LogP contribution is -2.44. The Labute approximate surface area is 103 Å². The molecule has 94 valence electrons. The number of anilines is 1. The van der Waals surface area contributed by atoms with Crippen molar-refractivity contribution in [1.29, 1.82) is 0 Å². The van der Waals surface area contributed by atoms with Gasteiger partial charge in [0.1, 0.15) is 12.4 Å². The summed E-state index contributed by atoms with van der Waals surface area (Å²) in [7, 11) is 2.16. The van der Waals surface area contributed by atoms with Crippen molar-refractivity contribution in [3.63, 3.8) is 0 Å². The van der Waals surface area contributed by atoms with Crippen molar-refractivity contribution in [3.8, 4) is 5.75 Å². The summed E-state index contributed by atoms with van der Waals surface area (Å²) >= 11 is 0. The summed E-state index contributed by atoms with van der Waals surface area (Å²) in [5, 5.41) is 0. The van der Waals surface area contributed by atoms with E-state index in [1.807, 2.05) is 12.1 Å². The number of benzene rings is 1. The van der Waals surface area contributed by atoms with Crippen LogP contribution < -0.4 is 15.4 Å². The second kappa shape index (κ2) is 5.89. The Morgan fingerprint density at radius 3 is 2.71 bits per heavy atom. The number of hydrogen-bond acceptors (Lipinski definition) is 4. The maximum Gasteiger partial charge on any atom is 0.121 e. The summed E-state index contributed by atoms with van der Waals surface area (Å²) in [5.74, 6) is 0.909. The third kappa shape index (κ3) is 3.35. The average molecular weight is 235 g/mol. The number of nitrogens with zero attached hydrogens (tertiary/aromatic N) is 2. The van der Waals surface area contributed by atoms with Crippen molar-refractivity contribution in [2.24, 2.45) is 5.73 Å². The first-order valence-corrected chi connectivity index (χ1v) is 6.16. The number of ether oxygens (including phenoxy) is 1. The van der Waals surface area contributed by atoms with Crippen LogP contribution in [0.25, 0.3) is 0 Å². The van der Waals surface area contributed by atoms with Crippen molar-refractivity contribution in [1.82, 2.24) is 4.90 Å². The van der Waals surface area contributed by atoms with Gasteiger partial charge in [-0.15, -0.1) is 0 Å². The second-order valence-electron chi connectivity index (χ2n) is 4.42. The molecule has 0 spiro atoms. The topological polar surface area (TPSA) is 41.7 Å². The second-order valence-corrected chi connectivity index (χ2v) is 4.42. The van der Waals surface area contributed by atoms with Gasteiger partial charge >= 0.3 is 0 Å². The number of nitrogens with two attached hydrogens (primary N) is 1. The van der Waals surface area contributed by atoms with E-state index in [0.717, 1.165) is 31.9 Å². The zero-order valence-electron chi connectivity index (χ0n) is 10.4. The summed E-state index contributed by atoms with van der Waals surface area (Å²) in [5.41, 5.74) is 6.67. The molecular formula is C13H21N3O. The van der Waals surface area contributed by atoms with Crippen LogP contribution in [0.3, 0.4) is 0 Å². The molecule has 2 N–H and O–H groups in total. The number of hydrogen-bond donors (Lipinski definition) is 1. The predicted molar refractivity (Wildman–Crippen MR) is 70.7 cm³/mol. The van der Waals surface area contributed by atoms with Crippen LogP contribution >= 0.6 is 0 Å². The van der Waals surface area contributed by atoms with Crippen molar-refractivity contribution >= 4 is 5.69 Å². The van der Waals surface area contributed by atoms with Gasteiger partial charge in [0.05, 0.1) is 0 Å². The standard InChI is InChI=1S/C13H21N3O/c1-15-6-8-16(9-7-15)12-3-2-4-13(11-12)17-10-5-14/h2-4,11H,5-10,14H2,1H3. The molecule has 0 radical (unpaired) electrons. The van der Waals surface area contributed by atoms with Gasteiger partial charge in [0.2, 0.25) is 0 Å². The van der Waals surface area contributed by atoms with Crippen molar-refractivity contribution < 1.29 is 4.74 Å². The fourth-order valence-corrected chi connectivity index (χ4v) is 2.01. The van der Waals surface area contributed by atoms with Gasteiger partial charge in [-0.05, 0) is 19.2 Å². The molecule has 2 rings (SSSR count). The molecular weight excluding hydrogens is 214 g/mol. The number of rotatable bonds is 4. The third-order valence-corrected chi connectivity index (χ3v) is 3.07. The molecule has 0 aromatic heterocycles. The van der Waals surface area contributed by atoms with Crippen LogP contribution in [0.1, 0.15) is 0 Å². The molecule has 1 aliphatic heterocycles. The molecule has 1 saturated heterocycles. The minimum atomic E-state index is 0.554. The third-order valence-electron chi connectivity index (χ3n) is 3.07. The van der Waals surface area contributed by atoms with E-state index in [1.165, 1.54) is 5.69 Å². The first kappa shape index (κ1) is 12.2. The molecule has 0 unspecified atom stereocenters. The van der Waals surface area contributed by atoms with Gasteiger partial charge in [-0.1, -0.05) is 6.07 Å². The normalized spacial score (nSPS) is 17.2. The van der Waals surface area contributed by atoms with Gasteiger partial charge in [0, 0.05) is 44.5 Å². The Morgan fingerprint density at radius 2 is 2.00 bits per heavy atom. The highest BCUT2D eigenvalue weighted by Gasteiger charge is 2.14. The Kier molecular flexibility index (Phi) is 4.23. The van der Waals surface area contributed by atoms with Crippen LogP contribution in [0.15, 0.2) is 24.3 Å². The molecule has 1 aromatic rings. The molecule has 0 amide bonds. The Balaban J connectivity index is 2.00. The van der Waals surface area contributed by atoms with Crippen LogP contribution in [0, 0.1) is 0 Å². The van der Waals surface area contributed by atoms with Crippen LogP contribution in [0.4, 0.5) is 5.69 Å². The largest absolute Gasteiger partial charge is 0.492 e. The summed E-state index contributed by atoms with van der Waals surface area (Å²) in [4.78, 5) is 4.75. The van der Waals surface area contributed by atoms with E-state index in [1.54, 1.807) is 0 Å². The lowest BCUT2D eigenvalue weighted by molar-refractivity contribution is 0.312. The molecule has 0 bridgehead atoms. The summed E-state index contributed by atoms with van der Waals surface area (Å²) in [6, 6.07) is 8.26. The SMILES string of the molecule is CN1CCN(c2cccc(OCCN)c2)CC1. The summed E-state index contributed by atoms with van der Waals surface area (Å²) in [6.07, 6.45) is 0. The van der Waals surface area contributed by atoms with Gasteiger partial charge in [0.25, 0.3) is 0 Å². The van der Waals surface area contributed by atoms with E-state index < -0.39 is 0 Å². The van der Waals surface area contributed by atoms with Crippen molar-refractivity contribution in [3.05, 3.63) is 24.3 Å². The van der Waals surface area contributed by atoms with Gasteiger partial charge in [-0.2, -0.15) is 0 Å². The molecule has 1 aromatic carbocycles. The fraction of sp³-hybridized carbons (Fsp3) is 0.538. The van der Waals surface area contributed by atoms with E-state index in [0.29, 0.717) is 13.2 Å². The molecule has 0 atom stereocenters. The molecule has 1 heterocycles. The summed E-state index contributed by atoms with van der Waals surface area (Å²) < 4.78 is 5.55. The van der Waals surface area contributed by atoms with E-state index in [9.17, 15) is 0 Å². The van der Waals surface area contributed by atoms with Crippen LogP contribution in [-0.2, 0) is 0 Å². The van der Waals surface area contributed by atoms with E-state index in [2.05, 4.69) is 29.0 Å². The molecule has 0 saturated carbocycles. The number of likely N-dealkylation sites (N-methyl/N-ethyl adjacent to an activating group) is 1. The predicted octanol–water partition coefficient (Wildman–Crippen LogP) is 0.776. The highest BCUT2D eigenvalue weighted by atomic mass is 16.5. The van der Waals surface area contributed by atoms with Gasteiger partial charge in [-0.25, -0.2) is 0 Å². The van der Waals surface area contributed by atoms with Crippen molar-refractivity contribution in [2.75, 3.05) is 51.3 Å². The smallest absolute Gasteiger partial charge is 0.121 e. The molecule has 17 heavy (non-hydrogen) atoms. The van der Waals surface area contributed by atoms with Crippen LogP contribution in [0.5, 0.6) is 5.75 Å². The van der Waals surface area contributed by atoms with Crippen molar-refractivity contribution in [2.45, 2.75) is 0 Å². The Morgan fingerprint density at radius 1 is 1.24 bits per heavy atom. The minimum Gasteiger partial charge on any atom is -0.492 e. The van der Waals surface area contributed by atoms with Crippen LogP contribution in [0.2, 0.25) is 0 Å². The zero-order valence-corrected chi connectivity index (χ0v) is 10.4. The highest BCUT2D eigenvalue weighted by Crippen LogP contribution is 2.22. The Hall–Kier alpha value is -1.26. The van der Waals surface area contributed by atoms with E-state index >= 15 is 0 Å². The fourth-order valence-electron chi connectivity index (χ4n) is 2.01. The maximum atomic E-state index is 5.55.